The minimum atomic E-state index is -0.541. The predicted molar refractivity (Wildman–Crippen MR) is 147 cm³/mol. The number of nitrogens with one attached hydrogen (secondary N) is 2. The van der Waals surface area contributed by atoms with Crippen molar-refractivity contribution in [1.82, 2.24) is 20.2 Å². The van der Waals surface area contributed by atoms with Crippen LogP contribution < -0.4 is 10.9 Å². The van der Waals surface area contributed by atoms with Crippen LogP contribution in [-0.2, 0) is 17.7 Å². The number of hydrogen-bond donors (Lipinski definition) is 4. The molecule has 0 spiro atoms. The molecule has 38 heavy (non-hydrogen) atoms. The van der Waals surface area contributed by atoms with E-state index >= 15 is 0 Å². The molecule has 8 nitrogen and oxygen atoms in total. The Morgan fingerprint density at radius 3 is 2.39 bits per heavy atom. The van der Waals surface area contributed by atoms with E-state index in [4.69, 9.17) is 4.74 Å². The zero-order valence-electron chi connectivity index (χ0n) is 21.8. The fraction of sp³-hybridized carbons (Fsp3) is 0.400. The molecule has 3 aromatic rings. The van der Waals surface area contributed by atoms with Gasteiger partial charge in [-0.25, -0.2) is 4.98 Å². The molecule has 2 atom stereocenters. The van der Waals surface area contributed by atoms with Crippen molar-refractivity contribution in [2.24, 2.45) is 0 Å². The van der Waals surface area contributed by atoms with Crippen LogP contribution in [0.5, 0.6) is 5.75 Å². The number of morpholine rings is 1. The maximum Gasteiger partial charge on any atom is 0.293 e. The SMILES string of the molecule is C[C@H](O)CNCCC(Cc1nc[nH]c(=O)c1O)c1ccc(C#Cc2ccc(CN3CCOCC3)cc2)cc1. The van der Waals surface area contributed by atoms with Gasteiger partial charge in [0, 0.05) is 43.7 Å². The molecule has 4 N–H and O–H groups in total. The van der Waals surface area contributed by atoms with E-state index in [-0.39, 0.29) is 11.7 Å². The zero-order chi connectivity index (χ0) is 26.7. The van der Waals surface area contributed by atoms with Crippen molar-refractivity contribution in [3.05, 3.63) is 93.2 Å². The predicted octanol–water partition coefficient (Wildman–Crippen LogP) is 2.39. The van der Waals surface area contributed by atoms with Crippen LogP contribution in [0.15, 0.2) is 59.7 Å². The number of benzene rings is 2. The van der Waals surface area contributed by atoms with Crippen LogP contribution in [0.2, 0.25) is 0 Å². The molecule has 8 heteroatoms. The Hall–Kier alpha value is -3.48. The summed E-state index contributed by atoms with van der Waals surface area (Å²) in [5.41, 5.74) is 4.06. The second-order valence-corrected chi connectivity index (χ2v) is 9.73. The van der Waals surface area contributed by atoms with Crippen molar-refractivity contribution in [1.29, 1.82) is 0 Å². The highest BCUT2D eigenvalue weighted by Crippen LogP contribution is 2.26. The first-order valence-corrected chi connectivity index (χ1v) is 13.1. The Labute approximate surface area is 223 Å². The normalized spacial score (nSPS) is 15.4. The minimum Gasteiger partial charge on any atom is -0.502 e. The number of aliphatic hydroxyl groups excluding tert-OH is 1. The molecule has 1 unspecified atom stereocenters. The van der Waals surface area contributed by atoms with E-state index in [1.807, 2.05) is 24.3 Å². The van der Waals surface area contributed by atoms with Crippen molar-refractivity contribution in [3.63, 3.8) is 0 Å². The molecule has 1 aliphatic rings. The van der Waals surface area contributed by atoms with E-state index in [2.05, 4.69) is 56.3 Å². The van der Waals surface area contributed by atoms with Crippen LogP contribution in [-0.4, -0.2) is 70.6 Å². The average Bonchev–Trinajstić information content (AvgIpc) is 2.93. The van der Waals surface area contributed by atoms with Gasteiger partial charge in [-0.1, -0.05) is 36.1 Å². The summed E-state index contributed by atoms with van der Waals surface area (Å²) in [6, 6.07) is 16.5. The van der Waals surface area contributed by atoms with Crippen LogP contribution in [0.1, 0.15) is 47.2 Å². The lowest BCUT2D eigenvalue weighted by Gasteiger charge is -2.26. The standard InChI is InChI=1S/C30H36N4O4/c1-22(35)19-31-13-12-27(18-28-29(36)30(37)33-21-32-28)26-10-8-24(9-11-26)3-2-23-4-6-25(7-5-23)20-34-14-16-38-17-15-34/h4-11,21-22,27,31,35-36H,12-20H2,1H3,(H,32,33,37)/t22-,27?/m0/s1. The Morgan fingerprint density at radius 1 is 1.08 bits per heavy atom. The van der Waals surface area contributed by atoms with Crippen LogP contribution in [0.25, 0.3) is 0 Å². The summed E-state index contributed by atoms with van der Waals surface area (Å²) >= 11 is 0. The van der Waals surface area contributed by atoms with Crippen LogP contribution in [0, 0.1) is 11.8 Å². The molecule has 0 bridgehead atoms. The topological polar surface area (TPSA) is 111 Å². The van der Waals surface area contributed by atoms with Gasteiger partial charge < -0.3 is 25.3 Å². The summed E-state index contributed by atoms with van der Waals surface area (Å²) in [6.07, 6.45) is 2.07. The highest BCUT2D eigenvalue weighted by atomic mass is 16.5. The first-order valence-electron chi connectivity index (χ1n) is 13.1. The molecule has 0 aliphatic carbocycles. The number of aromatic hydroxyl groups is 1. The number of rotatable bonds is 10. The van der Waals surface area contributed by atoms with Gasteiger partial charge in [0.1, 0.15) is 0 Å². The van der Waals surface area contributed by atoms with E-state index in [9.17, 15) is 15.0 Å². The molecule has 1 aromatic heterocycles. The van der Waals surface area contributed by atoms with E-state index in [0.717, 1.165) is 56.0 Å². The molecule has 2 heterocycles. The van der Waals surface area contributed by atoms with Gasteiger partial charge in [0.2, 0.25) is 5.75 Å². The highest BCUT2D eigenvalue weighted by molar-refractivity contribution is 5.44. The second-order valence-electron chi connectivity index (χ2n) is 9.73. The van der Waals surface area contributed by atoms with Gasteiger partial charge in [-0.3, -0.25) is 9.69 Å². The molecular formula is C30H36N4O4. The molecule has 0 saturated carbocycles. The minimum absolute atomic E-state index is 0.0257. The molecule has 1 fully saturated rings. The monoisotopic (exact) mass is 516 g/mol. The lowest BCUT2D eigenvalue weighted by Crippen LogP contribution is -2.35. The largest absolute Gasteiger partial charge is 0.502 e. The van der Waals surface area contributed by atoms with Gasteiger partial charge in [0.25, 0.3) is 5.56 Å². The number of nitrogens with zero attached hydrogens (tertiary/aromatic N) is 2. The van der Waals surface area contributed by atoms with Gasteiger partial charge in [-0.15, -0.1) is 0 Å². The quantitative estimate of drug-likeness (QED) is 0.242. The van der Waals surface area contributed by atoms with Gasteiger partial charge in [-0.2, -0.15) is 0 Å². The third-order valence-corrected chi connectivity index (χ3v) is 6.65. The summed E-state index contributed by atoms with van der Waals surface area (Å²) in [7, 11) is 0. The number of aliphatic hydroxyl groups is 1. The molecule has 1 saturated heterocycles. The van der Waals surface area contributed by atoms with Crippen molar-refractivity contribution >= 4 is 0 Å². The van der Waals surface area contributed by atoms with Crippen molar-refractivity contribution < 1.29 is 14.9 Å². The van der Waals surface area contributed by atoms with E-state index in [0.29, 0.717) is 25.2 Å². The molecule has 2 aromatic carbocycles. The number of aromatic nitrogens is 2. The second kappa shape index (κ2) is 13.9. The smallest absolute Gasteiger partial charge is 0.293 e. The van der Waals surface area contributed by atoms with Gasteiger partial charge >= 0.3 is 0 Å². The molecule has 1 aliphatic heterocycles. The van der Waals surface area contributed by atoms with Crippen molar-refractivity contribution in [3.8, 4) is 17.6 Å². The van der Waals surface area contributed by atoms with Gasteiger partial charge in [-0.05, 0) is 61.2 Å². The molecule has 0 amide bonds. The summed E-state index contributed by atoms with van der Waals surface area (Å²) in [4.78, 5) is 20.8. The summed E-state index contributed by atoms with van der Waals surface area (Å²) in [5.74, 6) is 6.18. The third kappa shape index (κ3) is 8.27. The third-order valence-electron chi connectivity index (χ3n) is 6.65. The summed E-state index contributed by atoms with van der Waals surface area (Å²) in [6.45, 7) is 7.40. The molecule has 200 valence electrons. The van der Waals surface area contributed by atoms with Crippen LogP contribution in [0.4, 0.5) is 0 Å². The van der Waals surface area contributed by atoms with E-state index < -0.39 is 11.7 Å². The maximum atomic E-state index is 11.8. The Bertz CT molecular complexity index is 1270. The average molecular weight is 517 g/mol. The van der Waals surface area contributed by atoms with E-state index in [1.54, 1.807) is 6.92 Å². The molecular weight excluding hydrogens is 480 g/mol. The Morgan fingerprint density at radius 2 is 1.74 bits per heavy atom. The Balaban J connectivity index is 1.41. The number of aromatic amines is 1. The van der Waals surface area contributed by atoms with Crippen LogP contribution in [0.3, 0.4) is 0 Å². The number of ether oxygens (including phenoxy) is 1. The first kappa shape index (κ1) is 27.6. The van der Waals surface area contributed by atoms with Gasteiger partial charge in [0.15, 0.2) is 0 Å². The lowest BCUT2D eigenvalue weighted by molar-refractivity contribution is 0.0342. The first-order chi connectivity index (χ1) is 18.5. The summed E-state index contributed by atoms with van der Waals surface area (Å²) < 4.78 is 5.42. The zero-order valence-corrected chi connectivity index (χ0v) is 21.8. The number of H-pyrrole nitrogens is 1. The molecule has 0 radical (unpaired) electrons. The van der Waals surface area contributed by atoms with E-state index in [1.165, 1.54) is 11.9 Å². The fourth-order valence-electron chi connectivity index (χ4n) is 4.48. The van der Waals surface area contributed by atoms with Crippen LogP contribution >= 0.6 is 0 Å². The number of hydrogen-bond acceptors (Lipinski definition) is 7. The van der Waals surface area contributed by atoms with Crippen molar-refractivity contribution in [2.75, 3.05) is 39.4 Å². The maximum absolute atomic E-state index is 11.8. The summed E-state index contributed by atoms with van der Waals surface area (Å²) in [5, 5.41) is 22.9. The highest BCUT2D eigenvalue weighted by Gasteiger charge is 2.17. The Kier molecular flexibility index (Phi) is 10.1. The lowest BCUT2D eigenvalue weighted by atomic mass is 9.90. The fourth-order valence-corrected chi connectivity index (χ4v) is 4.48. The molecule has 4 rings (SSSR count). The van der Waals surface area contributed by atoms with Gasteiger partial charge in [0.05, 0.1) is 31.3 Å². The van der Waals surface area contributed by atoms with Crippen molar-refractivity contribution in [2.45, 2.75) is 38.3 Å².